The van der Waals surface area contributed by atoms with Gasteiger partial charge in [0.05, 0.1) is 5.52 Å². The molecule has 0 fully saturated rings. The van der Waals surface area contributed by atoms with Crippen molar-refractivity contribution >= 4 is 22.8 Å². The van der Waals surface area contributed by atoms with Gasteiger partial charge >= 0.3 is 0 Å². The molecule has 1 aromatic carbocycles. The number of nitrogens with zero attached hydrogens (tertiary/aromatic N) is 3. The maximum absolute atomic E-state index is 6.11. The van der Waals surface area contributed by atoms with E-state index in [2.05, 4.69) is 9.97 Å². The first-order valence-electron chi connectivity index (χ1n) is 4.90. The lowest BCUT2D eigenvalue weighted by molar-refractivity contribution is 1.09. The van der Waals surface area contributed by atoms with Crippen molar-refractivity contribution in [2.24, 2.45) is 0 Å². The zero-order valence-corrected chi connectivity index (χ0v) is 9.09. The summed E-state index contributed by atoms with van der Waals surface area (Å²) >= 11 is 6.11. The van der Waals surface area contributed by atoms with Gasteiger partial charge in [0.1, 0.15) is 0 Å². The number of para-hydroxylation sites is 1. The minimum atomic E-state index is 0.430. The third-order valence-electron chi connectivity index (χ3n) is 2.40. The SMILES string of the molecule is Clc1nc2ncccc2n1-c1ccccc1. The van der Waals surface area contributed by atoms with E-state index in [1.807, 2.05) is 47.0 Å². The minimum Gasteiger partial charge on any atom is -0.281 e. The van der Waals surface area contributed by atoms with Crippen molar-refractivity contribution < 1.29 is 0 Å². The average Bonchev–Trinajstić information content (AvgIpc) is 2.66. The van der Waals surface area contributed by atoms with Gasteiger partial charge in [-0.3, -0.25) is 4.57 Å². The van der Waals surface area contributed by atoms with Crippen molar-refractivity contribution in [3.63, 3.8) is 0 Å². The molecule has 0 saturated heterocycles. The Morgan fingerprint density at radius 1 is 1.00 bits per heavy atom. The molecule has 3 aromatic rings. The first kappa shape index (κ1) is 9.36. The van der Waals surface area contributed by atoms with Crippen molar-refractivity contribution in [1.29, 1.82) is 0 Å². The van der Waals surface area contributed by atoms with E-state index in [9.17, 15) is 0 Å². The van der Waals surface area contributed by atoms with Crippen LogP contribution in [0.5, 0.6) is 0 Å². The Kier molecular flexibility index (Phi) is 2.11. The number of imidazole rings is 1. The normalized spacial score (nSPS) is 10.8. The standard InChI is InChI=1S/C12H8ClN3/c13-12-15-11-10(7-4-8-14-11)16(12)9-5-2-1-3-6-9/h1-8H. The Hall–Kier alpha value is -1.87. The van der Waals surface area contributed by atoms with Crippen molar-refractivity contribution in [1.82, 2.24) is 14.5 Å². The maximum atomic E-state index is 6.11. The molecule has 0 aliphatic heterocycles. The summed E-state index contributed by atoms with van der Waals surface area (Å²) in [7, 11) is 0. The number of fused-ring (bicyclic) bond motifs is 1. The molecule has 0 aliphatic carbocycles. The lowest BCUT2D eigenvalue weighted by atomic mass is 10.3. The van der Waals surface area contributed by atoms with Gasteiger partial charge in [-0.15, -0.1) is 0 Å². The highest BCUT2D eigenvalue weighted by Crippen LogP contribution is 2.22. The molecule has 0 atom stereocenters. The zero-order valence-electron chi connectivity index (χ0n) is 8.34. The number of halogens is 1. The molecule has 0 radical (unpaired) electrons. The first-order valence-corrected chi connectivity index (χ1v) is 5.28. The minimum absolute atomic E-state index is 0.430. The summed E-state index contributed by atoms with van der Waals surface area (Å²) in [5, 5.41) is 0.430. The van der Waals surface area contributed by atoms with Gasteiger partial charge in [-0.1, -0.05) is 18.2 Å². The molecule has 3 nitrogen and oxygen atoms in total. The summed E-state index contributed by atoms with van der Waals surface area (Å²) in [6.07, 6.45) is 1.71. The number of pyridine rings is 1. The molecule has 0 bridgehead atoms. The molecule has 2 aromatic heterocycles. The zero-order chi connectivity index (χ0) is 11.0. The second-order valence-corrected chi connectivity index (χ2v) is 3.74. The lowest BCUT2D eigenvalue weighted by Gasteiger charge is -2.04. The topological polar surface area (TPSA) is 30.7 Å². The predicted molar refractivity (Wildman–Crippen MR) is 63.9 cm³/mol. The van der Waals surface area contributed by atoms with Gasteiger partial charge in [0, 0.05) is 11.9 Å². The fraction of sp³-hybridized carbons (Fsp3) is 0. The predicted octanol–water partition coefficient (Wildman–Crippen LogP) is 3.07. The Bertz CT molecular complexity index is 631. The second kappa shape index (κ2) is 3.61. The van der Waals surface area contributed by atoms with Crippen LogP contribution in [0.25, 0.3) is 16.9 Å². The summed E-state index contributed by atoms with van der Waals surface area (Å²) in [4.78, 5) is 8.38. The van der Waals surface area contributed by atoms with Crippen LogP contribution in [0.1, 0.15) is 0 Å². The molecular formula is C12H8ClN3. The number of aromatic nitrogens is 3. The largest absolute Gasteiger partial charge is 0.281 e. The Labute approximate surface area is 97.3 Å². The van der Waals surface area contributed by atoms with E-state index in [0.717, 1.165) is 11.2 Å². The highest BCUT2D eigenvalue weighted by atomic mass is 35.5. The molecule has 0 spiro atoms. The third-order valence-corrected chi connectivity index (χ3v) is 2.66. The highest BCUT2D eigenvalue weighted by molar-refractivity contribution is 6.29. The van der Waals surface area contributed by atoms with E-state index < -0.39 is 0 Å². The Morgan fingerprint density at radius 2 is 1.81 bits per heavy atom. The van der Waals surface area contributed by atoms with Gasteiger partial charge in [0.2, 0.25) is 5.28 Å². The molecule has 4 heteroatoms. The number of rotatable bonds is 1. The molecular weight excluding hydrogens is 222 g/mol. The van der Waals surface area contributed by atoms with E-state index in [4.69, 9.17) is 11.6 Å². The average molecular weight is 230 g/mol. The van der Waals surface area contributed by atoms with Crippen LogP contribution < -0.4 is 0 Å². The molecule has 0 amide bonds. The van der Waals surface area contributed by atoms with Crippen LogP contribution in [-0.2, 0) is 0 Å². The molecule has 0 aliphatic rings. The molecule has 0 unspecified atom stereocenters. The molecule has 3 rings (SSSR count). The van der Waals surface area contributed by atoms with Gasteiger partial charge < -0.3 is 0 Å². The van der Waals surface area contributed by atoms with Gasteiger partial charge in [0.25, 0.3) is 0 Å². The van der Waals surface area contributed by atoms with Crippen LogP contribution in [0, 0.1) is 0 Å². The number of hydrogen-bond donors (Lipinski definition) is 0. The summed E-state index contributed by atoms with van der Waals surface area (Å²) in [6, 6.07) is 13.7. The van der Waals surface area contributed by atoms with Gasteiger partial charge in [-0.05, 0) is 35.9 Å². The maximum Gasteiger partial charge on any atom is 0.210 e. The molecule has 2 heterocycles. The fourth-order valence-electron chi connectivity index (χ4n) is 1.71. The molecule has 78 valence electrons. The van der Waals surface area contributed by atoms with Gasteiger partial charge in [-0.25, -0.2) is 4.98 Å². The number of benzene rings is 1. The quantitative estimate of drug-likeness (QED) is 0.642. The van der Waals surface area contributed by atoms with E-state index in [-0.39, 0.29) is 0 Å². The fourth-order valence-corrected chi connectivity index (χ4v) is 1.98. The summed E-state index contributed by atoms with van der Waals surface area (Å²) in [5.41, 5.74) is 2.57. The van der Waals surface area contributed by atoms with Crippen LogP contribution >= 0.6 is 11.6 Å². The van der Waals surface area contributed by atoms with Crippen LogP contribution in [0.4, 0.5) is 0 Å². The smallest absolute Gasteiger partial charge is 0.210 e. The Morgan fingerprint density at radius 3 is 2.62 bits per heavy atom. The molecule has 0 N–H and O–H groups in total. The van der Waals surface area contributed by atoms with Gasteiger partial charge in [0.15, 0.2) is 5.65 Å². The number of hydrogen-bond acceptors (Lipinski definition) is 2. The molecule has 0 saturated carbocycles. The van der Waals surface area contributed by atoms with E-state index in [1.165, 1.54) is 0 Å². The monoisotopic (exact) mass is 229 g/mol. The van der Waals surface area contributed by atoms with Crippen LogP contribution in [0.2, 0.25) is 5.28 Å². The molecule has 16 heavy (non-hydrogen) atoms. The lowest BCUT2D eigenvalue weighted by Crippen LogP contribution is -1.93. The summed E-state index contributed by atoms with van der Waals surface area (Å²) in [6.45, 7) is 0. The second-order valence-electron chi connectivity index (χ2n) is 3.40. The van der Waals surface area contributed by atoms with Crippen molar-refractivity contribution in [2.75, 3.05) is 0 Å². The summed E-state index contributed by atoms with van der Waals surface area (Å²) < 4.78 is 1.88. The van der Waals surface area contributed by atoms with Crippen molar-refractivity contribution in [3.8, 4) is 5.69 Å². The van der Waals surface area contributed by atoms with Crippen molar-refractivity contribution in [2.45, 2.75) is 0 Å². The van der Waals surface area contributed by atoms with Crippen LogP contribution in [0.15, 0.2) is 48.7 Å². The van der Waals surface area contributed by atoms with E-state index >= 15 is 0 Å². The summed E-state index contributed by atoms with van der Waals surface area (Å²) in [5.74, 6) is 0. The van der Waals surface area contributed by atoms with Gasteiger partial charge in [-0.2, -0.15) is 4.98 Å². The highest BCUT2D eigenvalue weighted by Gasteiger charge is 2.09. The first-order chi connectivity index (χ1) is 7.86. The Balaban J connectivity index is 2.35. The van der Waals surface area contributed by atoms with E-state index in [1.54, 1.807) is 6.20 Å². The van der Waals surface area contributed by atoms with Crippen LogP contribution in [0.3, 0.4) is 0 Å². The van der Waals surface area contributed by atoms with Crippen molar-refractivity contribution in [3.05, 3.63) is 53.9 Å². The van der Waals surface area contributed by atoms with Crippen LogP contribution in [-0.4, -0.2) is 14.5 Å². The third kappa shape index (κ3) is 1.37. The van der Waals surface area contributed by atoms with E-state index in [0.29, 0.717) is 10.9 Å².